The van der Waals surface area contributed by atoms with Gasteiger partial charge in [0, 0.05) is 30.3 Å². The summed E-state index contributed by atoms with van der Waals surface area (Å²) in [6.45, 7) is 4.19. The van der Waals surface area contributed by atoms with Crippen LogP contribution in [0.2, 0.25) is 0 Å². The van der Waals surface area contributed by atoms with E-state index in [1.54, 1.807) is 6.07 Å². The van der Waals surface area contributed by atoms with E-state index in [2.05, 4.69) is 25.6 Å². The Morgan fingerprint density at radius 2 is 2.13 bits per heavy atom. The number of benzene rings is 1. The summed E-state index contributed by atoms with van der Waals surface area (Å²) in [5.41, 5.74) is 2.25. The Kier molecular flexibility index (Phi) is 5.70. The maximum atomic E-state index is 12.5. The van der Waals surface area contributed by atoms with Crippen molar-refractivity contribution in [3.8, 4) is 0 Å². The van der Waals surface area contributed by atoms with E-state index in [-0.39, 0.29) is 29.1 Å². The number of alkyl carbamates (subject to hydrolysis) is 1. The summed E-state index contributed by atoms with van der Waals surface area (Å²) in [6.07, 6.45) is 2.57. The van der Waals surface area contributed by atoms with Crippen molar-refractivity contribution in [1.82, 2.24) is 20.2 Å². The lowest BCUT2D eigenvalue weighted by molar-refractivity contribution is 0.0981. The van der Waals surface area contributed by atoms with Crippen molar-refractivity contribution in [3.63, 3.8) is 0 Å². The highest BCUT2D eigenvalue weighted by atomic mass is 32.2. The minimum absolute atomic E-state index is 0.0404. The molecule has 0 radical (unpaired) electrons. The van der Waals surface area contributed by atoms with Gasteiger partial charge in [0.05, 0.1) is 5.69 Å². The zero-order chi connectivity index (χ0) is 21.3. The Balaban J connectivity index is 1.43. The lowest BCUT2D eigenvalue weighted by Gasteiger charge is -2.20. The monoisotopic (exact) mass is 433 g/mol. The van der Waals surface area contributed by atoms with Crippen molar-refractivity contribution in [2.45, 2.75) is 62.5 Å². The first kappa shape index (κ1) is 20.7. The van der Waals surface area contributed by atoms with Crippen LogP contribution in [0.25, 0.3) is 0 Å². The topological polar surface area (TPSA) is 125 Å². The molecule has 30 heavy (non-hydrogen) atoms. The molecule has 2 atom stereocenters. The van der Waals surface area contributed by atoms with Crippen molar-refractivity contribution in [1.29, 1.82) is 0 Å². The number of hydrogen-bond donors (Lipinski definition) is 4. The van der Waals surface area contributed by atoms with Gasteiger partial charge in [-0.05, 0) is 51.2 Å². The van der Waals surface area contributed by atoms with Crippen LogP contribution in [0.1, 0.15) is 50.3 Å². The molecule has 1 aliphatic heterocycles. The third-order valence-electron chi connectivity index (χ3n) is 5.42. The molecule has 10 heteroatoms. The van der Waals surface area contributed by atoms with Gasteiger partial charge in [0.2, 0.25) is 10.0 Å². The molecule has 1 amide bonds. The van der Waals surface area contributed by atoms with E-state index in [0.29, 0.717) is 24.5 Å². The highest BCUT2D eigenvalue weighted by Gasteiger charge is 2.30. The molecule has 9 nitrogen and oxygen atoms in total. The fourth-order valence-electron chi connectivity index (χ4n) is 4.09. The Labute approximate surface area is 176 Å². The molecular formula is C20H27N5O4S. The number of aromatic nitrogens is 2. The number of anilines is 2. The van der Waals surface area contributed by atoms with Gasteiger partial charge in [-0.15, -0.1) is 0 Å². The maximum absolute atomic E-state index is 12.5. The number of nitrogens with zero attached hydrogens (tertiary/aromatic N) is 1. The van der Waals surface area contributed by atoms with Gasteiger partial charge >= 0.3 is 6.09 Å². The maximum Gasteiger partial charge on any atom is 0.407 e. The second-order valence-corrected chi connectivity index (χ2v) is 9.82. The molecule has 1 aromatic carbocycles. The van der Waals surface area contributed by atoms with Crippen LogP contribution in [0.15, 0.2) is 29.2 Å². The van der Waals surface area contributed by atoms with Gasteiger partial charge in [-0.3, -0.25) is 5.10 Å². The van der Waals surface area contributed by atoms with Gasteiger partial charge in [-0.25, -0.2) is 17.9 Å². The summed E-state index contributed by atoms with van der Waals surface area (Å²) in [7, 11) is -3.53. The Morgan fingerprint density at radius 3 is 2.93 bits per heavy atom. The Morgan fingerprint density at radius 1 is 1.30 bits per heavy atom. The average molecular weight is 434 g/mol. The van der Waals surface area contributed by atoms with Crippen LogP contribution >= 0.6 is 0 Å². The standard InChI is InChI=1S/C20H27N5O4S/c1-12(2)22-20(26)29-15-7-6-14(10-15)17-11-18(25-24-17)23-16-5-3-4-13-8-9-21-30(27,28)19(13)16/h3-5,11-12,14-15,21H,6-10H2,1-2H3,(H,22,26)(H2,23,24,25)/t14-,15?/m0/s1. The Bertz CT molecular complexity index is 1030. The molecule has 4 N–H and O–H groups in total. The number of aromatic amines is 1. The number of H-pyrrole nitrogens is 1. The predicted molar refractivity (Wildman–Crippen MR) is 112 cm³/mol. The SMILES string of the molecule is CC(C)NC(=O)OC1CC[C@H](c2cc(Nc3cccc4c3S(=O)(=O)NCC4)n[nH]2)C1. The average Bonchev–Trinajstić information content (AvgIpc) is 3.30. The van der Waals surface area contributed by atoms with Crippen molar-refractivity contribution in [3.05, 3.63) is 35.5 Å². The molecule has 1 fully saturated rings. The molecule has 4 rings (SSSR count). The molecule has 1 aliphatic carbocycles. The van der Waals surface area contributed by atoms with Crippen LogP contribution in [0.5, 0.6) is 0 Å². The first-order chi connectivity index (χ1) is 14.3. The number of hydrogen-bond acceptors (Lipinski definition) is 6. The fourth-order valence-corrected chi connectivity index (χ4v) is 5.53. The molecule has 1 aromatic heterocycles. The molecular weight excluding hydrogens is 406 g/mol. The van der Waals surface area contributed by atoms with E-state index in [1.807, 2.05) is 32.0 Å². The van der Waals surface area contributed by atoms with Crippen molar-refractivity contribution in [2.75, 3.05) is 11.9 Å². The smallest absolute Gasteiger partial charge is 0.407 e. The van der Waals surface area contributed by atoms with Gasteiger partial charge in [-0.2, -0.15) is 5.10 Å². The van der Waals surface area contributed by atoms with Crippen molar-refractivity contribution in [2.24, 2.45) is 0 Å². The van der Waals surface area contributed by atoms with Gasteiger partial charge in [0.1, 0.15) is 11.0 Å². The van der Waals surface area contributed by atoms with Crippen LogP contribution in [-0.4, -0.2) is 43.4 Å². The van der Waals surface area contributed by atoms with E-state index < -0.39 is 10.0 Å². The summed E-state index contributed by atoms with van der Waals surface area (Å²) in [5.74, 6) is 0.765. The molecule has 1 unspecified atom stereocenters. The number of sulfonamides is 1. The number of ether oxygens (including phenoxy) is 1. The number of carbonyl (C=O) groups is 1. The van der Waals surface area contributed by atoms with Crippen molar-refractivity contribution >= 4 is 27.6 Å². The minimum Gasteiger partial charge on any atom is -0.446 e. The van der Waals surface area contributed by atoms with Crippen molar-refractivity contribution < 1.29 is 17.9 Å². The van der Waals surface area contributed by atoms with Crippen LogP contribution in [0, 0.1) is 0 Å². The highest BCUT2D eigenvalue weighted by Crippen LogP contribution is 2.37. The van der Waals surface area contributed by atoms with Gasteiger partial charge < -0.3 is 15.4 Å². The summed E-state index contributed by atoms with van der Waals surface area (Å²) in [5, 5.41) is 13.2. The highest BCUT2D eigenvalue weighted by molar-refractivity contribution is 7.89. The molecule has 2 heterocycles. The second kappa shape index (κ2) is 8.27. The van der Waals surface area contributed by atoms with E-state index in [0.717, 1.165) is 30.5 Å². The number of rotatable bonds is 5. The van der Waals surface area contributed by atoms with Crippen LogP contribution in [0.3, 0.4) is 0 Å². The largest absolute Gasteiger partial charge is 0.446 e. The predicted octanol–water partition coefficient (Wildman–Crippen LogP) is 2.76. The van der Waals surface area contributed by atoms with E-state index in [1.165, 1.54) is 0 Å². The molecule has 0 saturated heterocycles. The zero-order valence-electron chi connectivity index (χ0n) is 17.1. The van der Waals surface area contributed by atoms with E-state index in [9.17, 15) is 13.2 Å². The molecule has 0 spiro atoms. The molecule has 0 bridgehead atoms. The van der Waals surface area contributed by atoms with E-state index >= 15 is 0 Å². The van der Waals surface area contributed by atoms with Crippen LogP contribution < -0.4 is 15.4 Å². The number of fused-ring (bicyclic) bond motifs is 1. The van der Waals surface area contributed by atoms with Crippen LogP contribution in [0.4, 0.5) is 16.3 Å². The number of amides is 1. The third kappa shape index (κ3) is 4.44. The summed E-state index contributed by atoms with van der Waals surface area (Å²) in [6, 6.07) is 7.35. The first-order valence-electron chi connectivity index (χ1n) is 10.2. The number of nitrogens with one attached hydrogen (secondary N) is 4. The lowest BCUT2D eigenvalue weighted by atomic mass is 10.0. The third-order valence-corrected chi connectivity index (χ3v) is 7.02. The van der Waals surface area contributed by atoms with E-state index in [4.69, 9.17) is 4.74 Å². The van der Waals surface area contributed by atoms with Gasteiger partial charge in [0.15, 0.2) is 5.82 Å². The molecule has 1 saturated carbocycles. The Hall–Kier alpha value is -2.59. The minimum atomic E-state index is -3.53. The molecule has 162 valence electrons. The lowest BCUT2D eigenvalue weighted by Crippen LogP contribution is -2.33. The second-order valence-electron chi connectivity index (χ2n) is 8.11. The summed E-state index contributed by atoms with van der Waals surface area (Å²) >= 11 is 0. The van der Waals surface area contributed by atoms with Gasteiger partial charge in [-0.1, -0.05) is 12.1 Å². The molecule has 2 aliphatic rings. The number of carbonyl (C=O) groups excluding carboxylic acids is 1. The van der Waals surface area contributed by atoms with Gasteiger partial charge in [0.25, 0.3) is 0 Å². The summed E-state index contributed by atoms with van der Waals surface area (Å²) < 4.78 is 33.0. The first-order valence-corrected chi connectivity index (χ1v) is 11.7. The fraction of sp³-hybridized carbons (Fsp3) is 0.500. The summed E-state index contributed by atoms with van der Waals surface area (Å²) in [4.78, 5) is 12.1. The quantitative estimate of drug-likeness (QED) is 0.575. The molecule has 2 aromatic rings. The zero-order valence-corrected chi connectivity index (χ0v) is 17.9. The van der Waals surface area contributed by atoms with Crippen LogP contribution in [-0.2, 0) is 21.2 Å². The normalized spacial score (nSPS) is 22.5.